The van der Waals surface area contributed by atoms with E-state index in [1.807, 2.05) is 74.5 Å². The minimum Gasteiger partial charge on any atom is -0.480 e. The summed E-state index contributed by atoms with van der Waals surface area (Å²) in [5.41, 5.74) is 1.67. The lowest BCUT2D eigenvalue weighted by Crippen LogP contribution is -2.55. The molecule has 1 amide bonds. The van der Waals surface area contributed by atoms with Gasteiger partial charge in [-0.25, -0.2) is 4.79 Å². The maximum atomic E-state index is 13.0. The minimum atomic E-state index is -1.11. The van der Waals surface area contributed by atoms with Gasteiger partial charge in [-0.05, 0) is 36.3 Å². The van der Waals surface area contributed by atoms with Crippen LogP contribution >= 0.6 is 0 Å². The van der Waals surface area contributed by atoms with Gasteiger partial charge in [0.15, 0.2) is 0 Å². The van der Waals surface area contributed by atoms with Crippen LogP contribution in [0.15, 0.2) is 60.7 Å². The first-order valence-corrected chi connectivity index (χ1v) is 10.4. The molecule has 2 aromatic carbocycles. The highest BCUT2D eigenvalue weighted by molar-refractivity contribution is 5.87. The monoisotopic (exact) mass is 426 g/mol. The normalized spacial score (nSPS) is 13.9. The van der Waals surface area contributed by atoms with E-state index >= 15 is 0 Å². The van der Waals surface area contributed by atoms with Gasteiger partial charge in [-0.2, -0.15) is 0 Å². The van der Waals surface area contributed by atoms with E-state index in [9.17, 15) is 24.6 Å². The predicted molar refractivity (Wildman–Crippen MR) is 118 cm³/mol. The Morgan fingerprint density at radius 1 is 0.742 bits per heavy atom. The molecule has 0 fully saturated rings. The van der Waals surface area contributed by atoms with E-state index in [0.717, 1.165) is 11.1 Å². The standard InChI is InChI=1S/C24H30N2O5/c1-16(2)13-20(23(28)29)26-22(27)19(14-17-9-5-3-6-10-17)25-21(24(30)31)15-18-11-7-4-8-12-18/h3-12,16,19-21,25H,13-15H2,1-2H3,(H,26,27)(H,28,29)(H,30,31)/t19-,20-,21-/m0/s1. The second-order valence-corrected chi connectivity index (χ2v) is 8.02. The molecule has 0 bridgehead atoms. The molecular formula is C24H30N2O5. The van der Waals surface area contributed by atoms with E-state index in [0.29, 0.717) is 0 Å². The number of carbonyl (C=O) groups is 3. The first-order chi connectivity index (χ1) is 14.8. The van der Waals surface area contributed by atoms with Crippen LogP contribution in [0.2, 0.25) is 0 Å². The van der Waals surface area contributed by atoms with Gasteiger partial charge in [0.2, 0.25) is 5.91 Å². The molecule has 31 heavy (non-hydrogen) atoms. The number of benzene rings is 2. The molecule has 0 saturated heterocycles. The maximum Gasteiger partial charge on any atom is 0.326 e. The Balaban J connectivity index is 2.22. The van der Waals surface area contributed by atoms with Crippen LogP contribution in [0.1, 0.15) is 31.4 Å². The minimum absolute atomic E-state index is 0.0757. The molecule has 7 heteroatoms. The highest BCUT2D eigenvalue weighted by Crippen LogP contribution is 2.10. The van der Waals surface area contributed by atoms with E-state index < -0.39 is 36.0 Å². The van der Waals surface area contributed by atoms with Crippen molar-refractivity contribution in [2.75, 3.05) is 0 Å². The molecule has 0 heterocycles. The summed E-state index contributed by atoms with van der Waals surface area (Å²) in [6, 6.07) is 15.4. The van der Waals surface area contributed by atoms with Gasteiger partial charge >= 0.3 is 11.9 Å². The van der Waals surface area contributed by atoms with Crippen LogP contribution in [0.25, 0.3) is 0 Å². The zero-order chi connectivity index (χ0) is 22.8. The van der Waals surface area contributed by atoms with Gasteiger partial charge in [0, 0.05) is 0 Å². The van der Waals surface area contributed by atoms with Crippen molar-refractivity contribution in [2.24, 2.45) is 5.92 Å². The van der Waals surface area contributed by atoms with E-state index in [1.54, 1.807) is 0 Å². The van der Waals surface area contributed by atoms with Gasteiger partial charge < -0.3 is 15.5 Å². The lowest BCUT2D eigenvalue weighted by Gasteiger charge is -2.25. The van der Waals surface area contributed by atoms with Crippen LogP contribution in [0.5, 0.6) is 0 Å². The Morgan fingerprint density at radius 3 is 1.61 bits per heavy atom. The number of amides is 1. The molecule has 2 aromatic rings. The van der Waals surface area contributed by atoms with E-state index in [4.69, 9.17) is 0 Å². The van der Waals surface area contributed by atoms with Gasteiger partial charge in [-0.1, -0.05) is 74.5 Å². The van der Waals surface area contributed by atoms with Crippen molar-refractivity contribution in [1.29, 1.82) is 0 Å². The zero-order valence-corrected chi connectivity index (χ0v) is 17.8. The van der Waals surface area contributed by atoms with Crippen molar-refractivity contribution in [3.8, 4) is 0 Å². The molecule has 0 aromatic heterocycles. The lowest BCUT2D eigenvalue weighted by molar-refractivity contribution is -0.143. The molecule has 2 rings (SSSR count). The molecule has 0 aliphatic carbocycles. The summed E-state index contributed by atoms with van der Waals surface area (Å²) < 4.78 is 0. The molecule has 0 saturated carbocycles. The number of carboxylic acid groups (broad SMARTS) is 2. The Labute approximate surface area is 182 Å². The summed E-state index contributed by atoms with van der Waals surface area (Å²) in [6.07, 6.45) is 0.716. The number of nitrogens with one attached hydrogen (secondary N) is 2. The summed E-state index contributed by atoms with van der Waals surface area (Å²) in [4.78, 5) is 36.5. The van der Waals surface area contributed by atoms with Crippen LogP contribution in [0.3, 0.4) is 0 Å². The molecule has 0 aliphatic heterocycles. The van der Waals surface area contributed by atoms with Crippen molar-refractivity contribution in [2.45, 2.75) is 51.2 Å². The summed E-state index contributed by atoms with van der Waals surface area (Å²) in [6.45, 7) is 3.75. The van der Waals surface area contributed by atoms with Crippen LogP contribution in [0.4, 0.5) is 0 Å². The third-order valence-corrected chi connectivity index (χ3v) is 4.90. The quantitative estimate of drug-likeness (QED) is 0.414. The number of carbonyl (C=O) groups excluding carboxylic acids is 1. The average Bonchev–Trinajstić information content (AvgIpc) is 2.73. The third kappa shape index (κ3) is 8.22. The van der Waals surface area contributed by atoms with E-state index in [-0.39, 0.29) is 25.2 Å². The Morgan fingerprint density at radius 2 is 1.19 bits per heavy atom. The van der Waals surface area contributed by atoms with Crippen molar-refractivity contribution >= 4 is 17.8 Å². The van der Waals surface area contributed by atoms with Crippen molar-refractivity contribution in [3.05, 3.63) is 71.8 Å². The van der Waals surface area contributed by atoms with Crippen LogP contribution < -0.4 is 10.6 Å². The fourth-order valence-electron chi connectivity index (χ4n) is 3.35. The fraction of sp³-hybridized carbons (Fsp3) is 0.375. The Bertz CT molecular complexity index is 855. The summed E-state index contributed by atoms with van der Waals surface area (Å²) in [5.74, 6) is -2.64. The highest BCUT2D eigenvalue weighted by atomic mass is 16.4. The van der Waals surface area contributed by atoms with Gasteiger partial charge in [-0.3, -0.25) is 14.9 Å². The Hall–Kier alpha value is -3.19. The number of carboxylic acids is 2. The topological polar surface area (TPSA) is 116 Å². The van der Waals surface area contributed by atoms with Crippen molar-refractivity contribution in [1.82, 2.24) is 10.6 Å². The second-order valence-electron chi connectivity index (χ2n) is 8.02. The van der Waals surface area contributed by atoms with Crippen molar-refractivity contribution < 1.29 is 24.6 Å². The number of rotatable bonds is 12. The summed E-state index contributed by atoms with van der Waals surface area (Å²) in [7, 11) is 0. The molecule has 0 spiro atoms. The largest absolute Gasteiger partial charge is 0.480 e. The second kappa shape index (κ2) is 11.9. The van der Waals surface area contributed by atoms with Gasteiger partial charge in [0.05, 0.1) is 6.04 Å². The number of hydrogen-bond acceptors (Lipinski definition) is 4. The van der Waals surface area contributed by atoms with Gasteiger partial charge in [-0.15, -0.1) is 0 Å². The van der Waals surface area contributed by atoms with Crippen LogP contribution in [0, 0.1) is 5.92 Å². The fourth-order valence-corrected chi connectivity index (χ4v) is 3.35. The molecule has 166 valence electrons. The van der Waals surface area contributed by atoms with E-state index in [1.165, 1.54) is 0 Å². The lowest BCUT2D eigenvalue weighted by atomic mass is 10.00. The third-order valence-electron chi connectivity index (χ3n) is 4.90. The molecule has 3 atom stereocenters. The molecular weight excluding hydrogens is 396 g/mol. The predicted octanol–water partition coefficient (Wildman–Crippen LogP) is 2.50. The van der Waals surface area contributed by atoms with Gasteiger partial charge in [0.1, 0.15) is 12.1 Å². The molecule has 4 N–H and O–H groups in total. The molecule has 0 radical (unpaired) electrons. The summed E-state index contributed by atoms with van der Waals surface area (Å²) >= 11 is 0. The molecule has 7 nitrogen and oxygen atoms in total. The van der Waals surface area contributed by atoms with Crippen LogP contribution in [-0.4, -0.2) is 46.2 Å². The molecule has 0 aliphatic rings. The highest BCUT2D eigenvalue weighted by Gasteiger charge is 2.30. The summed E-state index contributed by atoms with van der Waals surface area (Å²) in [5, 5.41) is 24.7. The van der Waals surface area contributed by atoms with Gasteiger partial charge in [0.25, 0.3) is 0 Å². The van der Waals surface area contributed by atoms with E-state index in [2.05, 4.69) is 10.6 Å². The smallest absolute Gasteiger partial charge is 0.326 e. The maximum absolute atomic E-state index is 13.0. The zero-order valence-electron chi connectivity index (χ0n) is 17.8. The Kier molecular flexibility index (Phi) is 9.21. The SMILES string of the molecule is CC(C)C[C@H](NC(=O)[C@H](Cc1ccccc1)N[C@@H](Cc1ccccc1)C(=O)O)C(=O)O. The average molecular weight is 427 g/mol. The van der Waals surface area contributed by atoms with Crippen LogP contribution in [-0.2, 0) is 27.2 Å². The molecule has 0 unspecified atom stereocenters. The first kappa shape index (κ1) is 24.1. The first-order valence-electron chi connectivity index (χ1n) is 10.4. The number of hydrogen-bond donors (Lipinski definition) is 4. The van der Waals surface area contributed by atoms with Crippen molar-refractivity contribution in [3.63, 3.8) is 0 Å². The number of aliphatic carboxylic acids is 2.